The Balaban J connectivity index is 2.50. The molecule has 21 heavy (non-hydrogen) atoms. The Morgan fingerprint density at radius 3 is 2.33 bits per heavy atom. The summed E-state index contributed by atoms with van der Waals surface area (Å²) >= 11 is 3.64. The van der Waals surface area contributed by atoms with E-state index in [0.717, 1.165) is 5.56 Å². The maximum absolute atomic E-state index is 11.4. The quantitative estimate of drug-likeness (QED) is 0.648. The lowest BCUT2D eigenvalue weighted by Crippen LogP contribution is -2.29. The number of ether oxygens (including phenoxy) is 1. The summed E-state index contributed by atoms with van der Waals surface area (Å²) in [6.07, 6.45) is 2.70. The molecule has 0 saturated heterocycles. The van der Waals surface area contributed by atoms with Crippen molar-refractivity contribution in [3.63, 3.8) is 0 Å². The highest BCUT2D eigenvalue weighted by molar-refractivity contribution is 7.78. The van der Waals surface area contributed by atoms with Gasteiger partial charge in [0.2, 0.25) is 0 Å². The normalized spacial score (nSPS) is 11.0. The topological polar surface area (TPSA) is 79.5 Å². The van der Waals surface area contributed by atoms with Crippen molar-refractivity contribution in [1.82, 2.24) is 10.0 Å². The first-order chi connectivity index (χ1) is 9.80. The van der Waals surface area contributed by atoms with Crippen LogP contribution in [0.5, 0.6) is 0 Å². The van der Waals surface area contributed by atoms with Gasteiger partial charge in [-0.1, -0.05) is 24.9 Å². The van der Waals surface area contributed by atoms with E-state index in [0.29, 0.717) is 5.69 Å². The number of amides is 3. The summed E-state index contributed by atoms with van der Waals surface area (Å²) in [6.45, 7) is 5.38. The molecular formula is C14H19N3O3S. The third-order valence-corrected chi connectivity index (χ3v) is 2.35. The Bertz CT molecular complexity index is 521. The van der Waals surface area contributed by atoms with E-state index in [1.807, 2.05) is 0 Å². The summed E-state index contributed by atoms with van der Waals surface area (Å²) in [6, 6.07) is 6.64. The van der Waals surface area contributed by atoms with Crippen LogP contribution in [0, 0.1) is 0 Å². The number of hydrogen-bond donors (Lipinski definition) is 4. The smallest absolute Gasteiger partial charge is 0.411 e. The maximum Gasteiger partial charge on any atom is 0.411 e. The van der Waals surface area contributed by atoms with Crippen LogP contribution in [0.3, 0.4) is 0 Å². The van der Waals surface area contributed by atoms with Crippen molar-refractivity contribution >= 4 is 36.7 Å². The fourth-order valence-corrected chi connectivity index (χ4v) is 1.41. The number of benzene rings is 1. The number of carbonyl (C=O) groups excluding carboxylic acids is 2. The van der Waals surface area contributed by atoms with Crippen molar-refractivity contribution in [2.75, 3.05) is 5.32 Å². The van der Waals surface area contributed by atoms with Gasteiger partial charge in [-0.2, -0.15) is 0 Å². The molecular weight excluding hydrogens is 290 g/mol. The van der Waals surface area contributed by atoms with Crippen LogP contribution in [0.15, 0.2) is 30.5 Å². The van der Waals surface area contributed by atoms with Gasteiger partial charge in [-0.15, -0.1) is 0 Å². The fraction of sp³-hybridized carbons (Fsp3) is 0.286. The first-order valence-corrected chi connectivity index (χ1v) is 6.72. The lowest BCUT2D eigenvalue weighted by atomic mass is 10.2. The number of rotatable bonds is 3. The standard InChI is InChI=1S/C14H19N3O3S/c1-14(2,3)20-13(19)15-9-8-10-4-6-11(7-5-10)16-12(18)17-21/h4-9,21H,1-3H3,(H,15,19)(H2,16,17,18). The lowest BCUT2D eigenvalue weighted by Gasteiger charge is -2.18. The lowest BCUT2D eigenvalue weighted by molar-refractivity contribution is 0.0553. The molecule has 0 radical (unpaired) electrons. The third-order valence-electron chi connectivity index (χ3n) is 2.15. The van der Waals surface area contributed by atoms with Gasteiger partial charge in [0.15, 0.2) is 0 Å². The Morgan fingerprint density at radius 2 is 1.81 bits per heavy atom. The molecule has 0 aliphatic rings. The van der Waals surface area contributed by atoms with Gasteiger partial charge < -0.3 is 10.1 Å². The van der Waals surface area contributed by atoms with E-state index >= 15 is 0 Å². The van der Waals surface area contributed by atoms with E-state index < -0.39 is 17.7 Å². The van der Waals surface area contributed by atoms with Crippen molar-refractivity contribution in [2.45, 2.75) is 26.4 Å². The molecule has 1 rings (SSSR count). The first-order valence-electron chi connectivity index (χ1n) is 6.27. The third kappa shape index (κ3) is 7.26. The number of hydrogen-bond acceptors (Lipinski definition) is 4. The zero-order valence-corrected chi connectivity index (χ0v) is 13.0. The second-order valence-corrected chi connectivity index (χ2v) is 5.39. The molecule has 0 spiro atoms. The molecule has 0 aliphatic heterocycles. The van der Waals surface area contributed by atoms with E-state index in [2.05, 4.69) is 28.2 Å². The van der Waals surface area contributed by atoms with Gasteiger partial charge in [0.05, 0.1) is 0 Å². The molecule has 0 bridgehead atoms. The summed E-state index contributed by atoms with van der Waals surface area (Å²) in [4.78, 5) is 22.5. The molecule has 6 nitrogen and oxygen atoms in total. The average molecular weight is 309 g/mol. The zero-order valence-electron chi connectivity index (χ0n) is 12.1. The molecule has 114 valence electrons. The van der Waals surface area contributed by atoms with Crippen molar-refractivity contribution in [1.29, 1.82) is 0 Å². The van der Waals surface area contributed by atoms with Crippen LogP contribution < -0.4 is 15.4 Å². The van der Waals surface area contributed by atoms with E-state index in [1.54, 1.807) is 51.1 Å². The van der Waals surface area contributed by atoms with E-state index in [1.165, 1.54) is 6.20 Å². The highest BCUT2D eigenvalue weighted by Gasteiger charge is 2.14. The highest BCUT2D eigenvalue weighted by Crippen LogP contribution is 2.11. The molecule has 0 heterocycles. The molecule has 3 N–H and O–H groups in total. The second-order valence-electron chi connectivity index (χ2n) is 5.17. The summed E-state index contributed by atoms with van der Waals surface area (Å²) < 4.78 is 7.25. The van der Waals surface area contributed by atoms with Crippen molar-refractivity contribution in [2.24, 2.45) is 0 Å². The molecule has 0 unspecified atom stereocenters. The van der Waals surface area contributed by atoms with Crippen molar-refractivity contribution in [3.05, 3.63) is 36.0 Å². The Kier molecular flexibility index (Phi) is 6.10. The first kappa shape index (κ1) is 16.9. The van der Waals surface area contributed by atoms with Crippen LogP contribution in [0.25, 0.3) is 6.08 Å². The molecule has 7 heteroatoms. The summed E-state index contributed by atoms with van der Waals surface area (Å²) in [5.74, 6) is 0. The average Bonchev–Trinajstić information content (AvgIpc) is 2.38. The molecule has 0 aliphatic carbocycles. The highest BCUT2D eigenvalue weighted by atomic mass is 32.1. The predicted octanol–water partition coefficient (Wildman–Crippen LogP) is 3.15. The van der Waals surface area contributed by atoms with Crippen LogP contribution in [0.2, 0.25) is 0 Å². The van der Waals surface area contributed by atoms with Gasteiger partial charge in [0.1, 0.15) is 5.60 Å². The molecule has 0 atom stereocenters. The number of thiol groups is 1. The molecule has 0 fully saturated rings. The summed E-state index contributed by atoms with van der Waals surface area (Å²) in [5.41, 5.74) is 0.973. The van der Waals surface area contributed by atoms with Gasteiger partial charge >= 0.3 is 12.1 Å². The van der Waals surface area contributed by atoms with Gasteiger partial charge in [-0.25, -0.2) is 9.59 Å². The minimum atomic E-state index is -0.529. The SMILES string of the molecule is CC(C)(C)OC(=O)NC=Cc1ccc(NC(=O)NS)cc1. The maximum atomic E-state index is 11.4. The molecule has 3 amide bonds. The summed E-state index contributed by atoms with van der Waals surface area (Å²) in [7, 11) is 0. The fourth-order valence-electron chi connectivity index (χ4n) is 1.35. The minimum Gasteiger partial charge on any atom is -0.444 e. The molecule has 0 aromatic heterocycles. The molecule has 1 aromatic rings. The van der Waals surface area contributed by atoms with Crippen molar-refractivity contribution < 1.29 is 14.3 Å². The Morgan fingerprint density at radius 1 is 1.19 bits per heavy atom. The van der Waals surface area contributed by atoms with Crippen LogP contribution in [-0.4, -0.2) is 17.7 Å². The van der Waals surface area contributed by atoms with Gasteiger partial charge in [0.25, 0.3) is 0 Å². The van der Waals surface area contributed by atoms with Gasteiger partial charge in [-0.3, -0.25) is 10.0 Å². The van der Waals surface area contributed by atoms with Crippen LogP contribution >= 0.6 is 12.8 Å². The van der Waals surface area contributed by atoms with E-state index in [9.17, 15) is 9.59 Å². The van der Waals surface area contributed by atoms with E-state index in [-0.39, 0.29) is 0 Å². The number of anilines is 1. The number of urea groups is 1. The monoisotopic (exact) mass is 309 g/mol. The Labute approximate surface area is 129 Å². The van der Waals surface area contributed by atoms with Crippen LogP contribution in [0.4, 0.5) is 15.3 Å². The van der Waals surface area contributed by atoms with Crippen LogP contribution in [0.1, 0.15) is 26.3 Å². The van der Waals surface area contributed by atoms with Gasteiger partial charge in [0, 0.05) is 11.9 Å². The number of alkyl carbamates (subject to hydrolysis) is 1. The number of nitrogens with one attached hydrogen (secondary N) is 3. The minimum absolute atomic E-state index is 0.409. The summed E-state index contributed by atoms with van der Waals surface area (Å²) in [5, 5.41) is 5.09. The molecule has 1 aromatic carbocycles. The molecule has 0 saturated carbocycles. The number of carbonyl (C=O) groups is 2. The van der Waals surface area contributed by atoms with Gasteiger partial charge in [-0.05, 0) is 44.5 Å². The Hall–Kier alpha value is -2.15. The predicted molar refractivity (Wildman–Crippen MR) is 86.0 cm³/mol. The van der Waals surface area contributed by atoms with Crippen LogP contribution in [-0.2, 0) is 4.74 Å². The van der Waals surface area contributed by atoms with E-state index in [4.69, 9.17) is 4.74 Å². The zero-order chi connectivity index (χ0) is 15.9. The largest absolute Gasteiger partial charge is 0.444 e. The van der Waals surface area contributed by atoms with Crippen molar-refractivity contribution in [3.8, 4) is 0 Å². The second kappa shape index (κ2) is 7.58.